The summed E-state index contributed by atoms with van der Waals surface area (Å²) in [4.78, 5) is 12.8. The normalized spacial score (nSPS) is 22.4. The number of carbonyl (C=O) groups excluding carboxylic acids is 1. The Bertz CT molecular complexity index is 204. The van der Waals surface area contributed by atoms with Gasteiger partial charge in [-0.05, 0) is 12.8 Å². The summed E-state index contributed by atoms with van der Waals surface area (Å²) in [6.07, 6.45) is 1.74. The number of likely N-dealkylation sites (tertiary alicyclic amines) is 1. The Morgan fingerprint density at radius 2 is 2.42 bits per heavy atom. The van der Waals surface area contributed by atoms with Gasteiger partial charge in [0.2, 0.25) is 0 Å². The van der Waals surface area contributed by atoms with E-state index >= 15 is 0 Å². The second-order valence-corrected chi connectivity index (χ2v) is 2.86. The quantitative estimate of drug-likeness (QED) is 0.374. The van der Waals surface area contributed by atoms with Gasteiger partial charge in [0.15, 0.2) is 0 Å². The smallest absolute Gasteiger partial charge is 0.317 e. The number of amidine groups is 1. The summed E-state index contributed by atoms with van der Waals surface area (Å²) < 4.78 is 0. The molecule has 68 valence electrons. The Labute approximate surface area is 71.4 Å². The third-order valence-electron chi connectivity index (χ3n) is 2.09. The number of urea groups is 1. The number of amides is 2. The van der Waals surface area contributed by atoms with Crippen molar-refractivity contribution in [2.75, 3.05) is 13.6 Å². The van der Waals surface area contributed by atoms with Gasteiger partial charge < -0.3 is 16.0 Å². The molecule has 0 spiro atoms. The van der Waals surface area contributed by atoms with Crippen molar-refractivity contribution in [2.24, 2.45) is 5.73 Å². The molecular formula is C7H14N4O. The lowest BCUT2D eigenvalue weighted by Crippen LogP contribution is -2.46. The Kier molecular flexibility index (Phi) is 2.52. The summed E-state index contributed by atoms with van der Waals surface area (Å²) in [7, 11) is 1.58. The molecule has 1 aliphatic rings. The van der Waals surface area contributed by atoms with Crippen LogP contribution >= 0.6 is 0 Å². The van der Waals surface area contributed by atoms with Gasteiger partial charge in [-0.15, -0.1) is 0 Å². The molecule has 1 saturated heterocycles. The summed E-state index contributed by atoms with van der Waals surface area (Å²) >= 11 is 0. The zero-order valence-electron chi connectivity index (χ0n) is 7.13. The molecule has 5 nitrogen and oxygen atoms in total. The Morgan fingerprint density at radius 1 is 1.75 bits per heavy atom. The molecular weight excluding hydrogens is 156 g/mol. The van der Waals surface area contributed by atoms with Gasteiger partial charge in [0, 0.05) is 13.6 Å². The number of carbonyl (C=O) groups is 1. The highest BCUT2D eigenvalue weighted by Crippen LogP contribution is 2.16. The monoisotopic (exact) mass is 170 g/mol. The molecule has 2 amide bonds. The lowest BCUT2D eigenvalue weighted by Gasteiger charge is -2.22. The molecule has 5 heteroatoms. The number of rotatable bonds is 1. The average molecular weight is 170 g/mol. The van der Waals surface area contributed by atoms with E-state index in [4.69, 9.17) is 11.1 Å². The van der Waals surface area contributed by atoms with E-state index in [2.05, 4.69) is 5.32 Å². The maximum atomic E-state index is 11.2. The minimum atomic E-state index is -0.190. The van der Waals surface area contributed by atoms with Gasteiger partial charge in [0.25, 0.3) is 0 Å². The van der Waals surface area contributed by atoms with Crippen LogP contribution in [0.4, 0.5) is 4.79 Å². The van der Waals surface area contributed by atoms with Gasteiger partial charge in [0.05, 0.1) is 6.04 Å². The second-order valence-electron chi connectivity index (χ2n) is 2.86. The van der Waals surface area contributed by atoms with E-state index in [-0.39, 0.29) is 17.9 Å². The van der Waals surface area contributed by atoms with E-state index in [9.17, 15) is 4.79 Å². The molecule has 1 rings (SSSR count). The zero-order chi connectivity index (χ0) is 9.14. The topological polar surface area (TPSA) is 82.2 Å². The number of nitrogens with two attached hydrogens (primary N) is 1. The summed E-state index contributed by atoms with van der Waals surface area (Å²) in [5, 5.41) is 9.77. The number of hydrogen-bond acceptors (Lipinski definition) is 2. The second kappa shape index (κ2) is 3.42. The molecule has 4 N–H and O–H groups in total. The van der Waals surface area contributed by atoms with Crippen LogP contribution in [0.2, 0.25) is 0 Å². The van der Waals surface area contributed by atoms with E-state index in [1.807, 2.05) is 0 Å². The van der Waals surface area contributed by atoms with E-state index in [1.165, 1.54) is 0 Å². The van der Waals surface area contributed by atoms with Gasteiger partial charge in [0.1, 0.15) is 5.84 Å². The summed E-state index contributed by atoms with van der Waals surface area (Å²) in [5.41, 5.74) is 5.34. The van der Waals surface area contributed by atoms with Crippen LogP contribution in [-0.2, 0) is 0 Å². The van der Waals surface area contributed by atoms with E-state index in [0.717, 1.165) is 12.8 Å². The van der Waals surface area contributed by atoms with Crippen molar-refractivity contribution >= 4 is 11.9 Å². The third-order valence-corrected chi connectivity index (χ3v) is 2.09. The highest BCUT2D eigenvalue weighted by Gasteiger charge is 2.29. The molecule has 1 heterocycles. The van der Waals surface area contributed by atoms with Crippen LogP contribution < -0.4 is 11.1 Å². The van der Waals surface area contributed by atoms with Crippen LogP contribution in [0.3, 0.4) is 0 Å². The molecule has 12 heavy (non-hydrogen) atoms. The van der Waals surface area contributed by atoms with Gasteiger partial charge in [-0.2, -0.15) is 0 Å². The molecule has 1 fully saturated rings. The van der Waals surface area contributed by atoms with Gasteiger partial charge in [-0.3, -0.25) is 5.41 Å². The number of nitrogens with zero attached hydrogens (tertiary/aromatic N) is 1. The molecule has 1 atom stereocenters. The van der Waals surface area contributed by atoms with E-state index in [0.29, 0.717) is 6.54 Å². The minimum Gasteiger partial charge on any atom is -0.386 e. The first-order valence-electron chi connectivity index (χ1n) is 3.99. The molecule has 0 bridgehead atoms. The van der Waals surface area contributed by atoms with Crippen molar-refractivity contribution in [3.05, 3.63) is 0 Å². The standard InChI is InChI=1S/C7H14N4O/c1-10-7(12)11-4-2-3-5(11)6(8)9/h5H,2-4H2,1H3,(H3,8,9)(H,10,12). The third kappa shape index (κ3) is 1.49. The molecule has 0 aliphatic carbocycles. The van der Waals surface area contributed by atoms with E-state index in [1.54, 1.807) is 11.9 Å². The molecule has 0 aromatic heterocycles. The maximum absolute atomic E-state index is 11.2. The van der Waals surface area contributed by atoms with Gasteiger partial charge in [-0.1, -0.05) is 0 Å². The van der Waals surface area contributed by atoms with E-state index < -0.39 is 0 Å². The minimum absolute atomic E-state index is 0.0797. The first-order valence-corrected chi connectivity index (χ1v) is 3.99. The Morgan fingerprint density at radius 3 is 2.92 bits per heavy atom. The molecule has 0 saturated carbocycles. The Balaban J connectivity index is 2.63. The largest absolute Gasteiger partial charge is 0.386 e. The molecule has 0 radical (unpaired) electrons. The first-order chi connectivity index (χ1) is 5.66. The van der Waals surface area contributed by atoms with Crippen molar-refractivity contribution in [1.82, 2.24) is 10.2 Å². The fourth-order valence-corrected chi connectivity index (χ4v) is 1.48. The van der Waals surface area contributed by atoms with Crippen LogP contribution in [0.1, 0.15) is 12.8 Å². The highest BCUT2D eigenvalue weighted by atomic mass is 16.2. The van der Waals surface area contributed by atoms with Crippen LogP contribution in [0.25, 0.3) is 0 Å². The van der Waals surface area contributed by atoms with Crippen molar-refractivity contribution in [3.63, 3.8) is 0 Å². The zero-order valence-corrected chi connectivity index (χ0v) is 7.13. The lowest BCUT2D eigenvalue weighted by atomic mass is 10.2. The van der Waals surface area contributed by atoms with Crippen molar-refractivity contribution in [3.8, 4) is 0 Å². The van der Waals surface area contributed by atoms with Gasteiger partial charge in [-0.25, -0.2) is 4.79 Å². The lowest BCUT2D eigenvalue weighted by molar-refractivity contribution is 0.205. The summed E-state index contributed by atoms with van der Waals surface area (Å²) in [6.45, 7) is 0.698. The summed E-state index contributed by atoms with van der Waals surface area (Å²) in [6, 6.07) is -0.336. The molecule has 1 unspecified atom stereocenters. The fraction of sp³-hybridized carbons (Fsp3) is 0.714. The average Bonchev–Trinajstić information content (AvgIpc) is 2.50. The number of nitrogens with one attached hydrogen (secondary N) is 2. The summed E-state index contributed by atoms with van der Waals surface area (Å²) in [5.74, 6) is 0.0797. The van der Waals surface area contributed by atoms with Crippen LogP contribution in [0.5, 0.6) is 0 Å². The molecule has 1 aliphatic heterocycles. The van der Waals surface area contributed by atoms with Crippen LogP contribution in [-0.4, -0.2) is 36.4 Å². The molecule has 0 aromatic rings. The fourth-order valence-electron chi connectivity index (χ4n) is 1.48. The SMILES string of the molecule is CNC(=O)N1CCCC1C(=N)N. The Hall–Kier alpha value is -1.26. The number of hydrogen-bond donors (Lipinski definition) is 3. The predicted octanol–water partition coefficient (Wildman–Crippen LogP) is -0.274. The molecule has 0 aromatic carbocycles. The van der Waals surface area contributed by atoms with Crippen molar-refractivity contribution < 1.29 is 4.79 Å². The first kappa shape index (κ1) is 8.83. The highest BCUT2D eigenvalue weighted by molar-refractivity contribution is 5.88. The predicted molar refractivity (Wildman–Crippen MR) is 46.1 cm³/mol. The van der Waals surface area contributed by atoms with Gasteiger partial charge >= 0.3 is 6.03 Å². The maximum Gasteiger partial charge on any atom is 0.317 e. The van der Waals surface area contributed by atoms with Crippen molar-refractivity contribution in [2.45, 2.75) is 18.9 Å². The van der Waals surface area contributed by atoms with Crippen molar-refractivity contribution in [1.29, 1.82) is 5.41 Å². The van der Waals surface area contributed by atoms with Crippen LogP contribution in [0.15, 0.2) is 0 Å². The van der Waals surface area contributed by atoms with Crippen LogP contribution in [0, 0.1) is 5.41 Å².